The van der Waals surface area contributed by atoms with Gasteiger partial charge in [0.2, 0.25) is 0 Å². The van der Waals surface area contributed by atoms with Crippen molar-refractivity contribution in [2.45, 2.75) is 11.6 Å². The van der Waals surface area contributed by atoms with E-state index in [4.69, 9.17) is 10.5 Å². The van der Waals surface area contributed by atoms with Gasteiger partial charge in [-0.3, -0.25) is 4.79 Å². The molecule has 0 radical (unpaired) electrons. The third kappa shape index (κ3) is 4.33. The summed E-state index contributed by atoms with van der Waals surface area (Å²) in [5.74, 6) is 1.53. The van der Waals surface area contributed by atoms with Gasteiger partial charge < -0.3 is 15.5 Å². The van der Waals surface area contributed by atoms with E-state index in [0.717, 1.165) is 12.2 Å². The molecule has 3 N–H and O–H groups in total. The number of hydrogen-bond donors (Lipinski definition) is 2. The average molecular weight is 277 g/mol. The normalized spacial score (nSPS) is 10.3. The molecule has 100 valence electrons. The number of thioether (sulfide) groups is 1. The first-order valence-corrected chi connectivity index (χ1v) is 6.90. The maximum atomic E-state index is 11.1. The first-order chi connectivity index (χ1) is 9.25. The molecule has 0 saturated carbocycles. The molecule has 1 heterocycles. The first-order valence-electron chi connectivity index (χ1n) is 5.91. The summed E-state index contributed by atoms with van der Waals surface area (Å²) in [6, 6.07) is 8.81. The molecule has 19 heavy (non-hydrogen) atoms. The summed E-state index contributed by atoms with van der Waals surface area (Å²) in [6.45, 7) is 0.582. The topological polar surface area (TPSA) is 81.0 Å². The van der Waals surface area contributed by atoms with Crippen molar-refractivity contribution in [2.75, 3.05) is 18.1 Å². The Balaban J connectivity index is 1.70. The zero-order valence-electron chi connectivity index (χ0n) is 10.3. The Hall–Kier alpha value is -1.95. The summed E-state index contributed by atoms with van der Waals surface area (Å²) in [5, 5.41) is 0.631. The maximum Gasteiger partial charge on any atom is 0.251 e. The predicted molar refractivity (Wildman–Crippen MR) is 76.5 cm³/mol. The zero-order chi connectivity index (χ0) is 13.5. The van der Waals surface area contributed by atoms with E-state index >= 15 is 0 Å². The Morgan fingerprint density at radius 3 is 2.95 bits per heavy atom. The molecule has 2 rings (SSSR count). The van der Waals surface area contributed by atoms with Gasteiger partial charge in [-0.05, 0) is 18.6 Å². The lowest BCUT2D eigenvalue weighted by molar-refractivity contribution is 0.320. The van der Waals surface area contributed by atoms with Crippen molar-refractivity contribution >= 4 is 17.4 Å². The minimum atomic E-state index is -0.134. The lowest BCUT2D eigenvalue weighted by atomic mass is 10.3. The highest BCUT2D eigenvalue weighted by Crippen LogP contribution is 2.20. The summed E-state index contributed by atoms with van der Waals surface area (Å²) in [4.78, 5) is 17.8. The number of hydrogen-bond acceptors (Lipinski definition) is 5. The van der Waals surface area contributed by atoms with Crippen LogP contribution in [0.1, 0.15) is 6.42 Å². The number of rotatable bonds is 6. The van der Waals surface area contributed by atoms with Gasteiger partial charge in [-0.25, -0.2) is 4.98 Å². The number of para-hydroxylation sites is 2. The minimum absolute atomic E-state index is 0.134. The molecule has 0 aliphatic heterocycles. The molecule has 0 unspecified atom stereocenters. The lowest BCUT2D eigenvalue weighted by Crippen LogP contribution is -2.06. The number of benzene rings is 1. The Morgan fingerprint density at radius 2 is 2.16 bits per heavy atom. The van der Waals surface area contributed by atoms with Gasteiger partial charge in [-0.1, -0.05) is 23.9 Å². The van der Waals surface area contributed by atoms with E-state index < -0.39 is 0 Å². The van der Waals surface area contributed by atoms with Crippen molar-refractivity contribution in [2.24, 2.45) is 0 Å². The Bertz CT molecular complexity index is 586. The number of ether oxygens (including phenoxy) is 1. The van der Waals surface area contributed by atoms with Crippen LogP contribution in [0.15, 0.2) is 46.5 Å². The fourth-order valence-electron chi connectivity index (χ4n) is 1.45. The zero-order valence-corrected chi connectivity index (χ0v) is 11.2. The molecule has 6 heteroatoms. The second-order valence-corrected chi connectivity index (χ2v) is 4.91. The monoisotopic (exact) mass is 277 g/mol. The van der Waals surface area contributed by atoms with Gasteiger partial charge in [-0.2, -0.15) is 0 Å². The molecule has 5 nitrogen and oxygen atoms in total. The van der Waals surface area contributed by atoms with Crippen molar-refractivity contribution in [3.8, 4) is 5.75 Å². The summed E-state index contributed by atoms with van der Waals surface area (Å²) >= 11 is 1.50. The van der Waals surface area contributed by atoms with Crippen LogP contribution in [0, 0.1) is 0 Å². The van der Waals surface area contributed by atoms with Crippen LogP contribution in [-0.2, 0) is 0 Å². The van der Waals surface area contributed by atoms with Crippen LogP contribution < -0.4 is 16.0 Å². The molecule has 0 atom stereocenters. The molecule has 1 aromatic heterocycles. The van der Waals surface area contributed by atoms with E-state index in [1.165, 1.54) is 24.0 Å². The SMILES string of the molecule is Nc1ccccc1OCCCSc1nccc(=O)[nH]1. The fraction of sp³-hybridized carbons (Fsp3) is 0.231. The standard InChI is InChI=1S/C13H15N3O2S/c14-10-4-1-2-5-11(10)18-8-3-9-19-13-15-7-6-12(17)16-13/h1-2,4-7H,3,8-9,14H2,(H,15,16,17). The van der Waals surface area contributed by atoms with Crippen molar-refractivity contribution < 1.29 is 4.74 Å². The number of H-pyrrole nitrogens is 1. The maximum absolute atomic E-state index is 11.1. The van der Waals surface area contributed by atoms with E-state index in [-0.39, 0.29) is 5.56 Å². The number of aromatic amines is 1. The van der Waals surface area contributed by atoms with E-state index in [1.807, 2.05) is 24.3 Å². The number of anilines is 1. The highest BCUT2D eigenvalue weighted by molar-refractivity contribution is 7.99. The van der Waals surface area contributed by atoms with E-state index in [1.54, 1.807) is 0 Å². The molecule has 0 saturated heterocycles. The average Bonchev–Trinajstić information content (AvgIpc) is 2.40. The van der Waals surface area contributed by atoms with Gasteiger partial charge in [0, 0.05) is 18.0 Å². The molecule has 0 aliphatic rings. The van der Waals surface area contributed by atoms with Gasteiger partial charge in [-0.15, -0.1) is 0 Å². The Labute approximate surface area is 115 Å². The molecular formula is C13H15N3O2S. The van der Waals surface area contributed by atoms with E-state index in [2.05, 4.69) is 9.97 Å². The summed E-state index contributed by atoms with van der Waals surface area (Å²) in [6.07, 6.45) is 2.35. The van der Waals surface area contributed by atoms with Gasteiger partial charge in [0.05, 0.1) is 12.3 Å². The van der Waals surface area contributed by atoms with Gasteiger partial charge in [0.25, 0.3) is 5.56 Å². The number of aromatic nitrogens is 2. The number of nitrogens with two attached hydrogens (primary N) is 1. The quantitative estimate of drug-likeness (QED) is 0.365. The van der Waals surface area contributed by atoms with Crippen LogP contribution in [0.4, 0.5) is 5.69 Å². The molecule has 0 aliphatic carbocycles. The molecule has 0 amide bonds. The van der Waals surface area contributed by atoms with E-state index in [0.29, 0.717) is 23.2 Å². The highest BCUT2D eigenvalue weighted by atomic mass is 32.2. The fourth-order valence-corrected chi connectivity index (χ4v) is 2.21. The van der Waals surface area contributed by atoms with Gasteiger partial charge in [0.1, 0.15) is 5.75 Å². The van der Waals surface area contributed by atoms with Crippen molar-refractivity contribution in [1.29, 1.82) is 0 Å². The van der Waals surface area contributed by atoms with Crippen molar-refractivity contribution in [3.63, 3.8) is 0 Å². The van der Waals surface area contributed by atoms with Crippen LogP contribution >= 0.6 is 11.8 Å². The number of nitrogen functional groups attached to an aromatic ring is 1. The second-order valence-electron chi connectivity index (χ2n) is 3.83. The van der Waals surface area contributed by atoms with Gasteiger partial charge >= 0.3 is 0 Å². The number of nitrogens with one attached hydrogen (secondary N) is 1. The third-order valence-corrected chi connectivity index (χ3v) is 3.33. The molecule has 1 aromatic carbocycles. The smallest absolute Gasteiger partial charge is 0.251 e. The minimum Gasteiger partial charge on any atom is -0.491 e. The molecular weight excluding hydrogens is 262 g/mol. The number of nitrogens with zero attached hydrogens (tertiary/aromatic N) is 1. The Kier molecular flexibility index (Phi) is 4.85. The Morgan fingerprint density at radius 1 is 1.32 bits per heavy atom. The molecule has 0 fully saturated rings. The van der Waals surface area contributed by atoms with Crippen LogP contribution in [-0.4, -0.2) is 22.3 Å². The highest BCUT2D eigenvalue weighted by Gasteiger charge is 1.99. The van der Waals surface area contributed by atoms with Crippen LogP contribution in [0.25, 0.3) is 0 Å². The van der Waals surface area contributed by atoms with Crippen LogP contribution in [0.2, 0.25) is 0 Å². The summed E-state index contributed by atoms with van der Waals surface area (Å²) < 4.78 is 5.57. The first kappa shape index (κ1) is 13.5. The van der Waals surface area contributed by atoms with Crippen molar-refractivity contribution in [3.05, 3.63) is 46.9 Å². The summed E-state index contributed by atoms with van der Waals surface area (Å²) in [5.41, 5.74) is 6.27. The van der Waals surface area contributed by atoms with Crippen molar-refractivity contribution in [1.82, 2.24) is 9.97 Å². The van der Waals surface area contributed by atoms with E-state index in [9.17, 15) is 4.79 Å². The predicted octanol–water partition coefficient (Wildman–Crippen LogP) is 1.91. The molecule has 0 bridgehead atoms. The second kappa shape index (κ2) is 6.84. The summed E-state index contributed by atoms with van der Waals surface area (Å²) in [7, 11) is 0. The largest absolute Gasteiger partial charge is 0.491 e. The molecule has 0 spiro atoms. The third-order valence-electron chi connectivity index (χ3n) is 2.35. The lowest BCUT2D eigenvalue weighted by Gasteiger charge is -2.07. The van der Waals surface area contributed by atoms with Gasteiger partial charge in [0.15, 0.2) is 5.16 Å². The molecule has 2 aromatic rings. The van der Waals surface area contributed by atoms with Crippen LogP contribution in [0.3, 0.4) is 0 Å². The van der Waals surface area contributed by atoms with Crippen LogP contribution in [0.5, 0.6) is 5.75 Å².